The Morgan fingerprint density at radius 1 is 1.19 bits per heavy atom. The molecule has 2 heterocycles. The van der Waals surface area contributed by atoms with Gasteiger partial charge in [-0.15, -0.1) is 0 Å². The second-order valence-corrected chi connectivity index (χ2v) is 5.54. The molecule has 0 N–H and O–H groups in total. The van der Waals surface area contributed by atoms with Crippen LogP contribution in [0.5, 0.6) is 5.88 Å². The van der Waals surface area contributed by atoms with E-state index in [2.05, 4.69) is 10.1 Å². The first kappa shape index (κ1) is 14.2. The van der Waals surface area contributed by atoms with E-state index >= 15 is 0 Å². The van der Waals surface area contributed by atoms with Gasteiger partial charge in [0.2, 0.25) is 5.88 Å². The summed E-state index contributed by atoms with van der Waals surface area (Å²) in [5.74, 6) is 0.578. The fraction of sp³-hybridized carbons (Fsp3) is 0.200. The van der Waals surface area contributed by atoms with Crippen LogP contribution in [0.2, 0.25) is 10.0 Å². The van der Waals surface area contributed by atoms with Crippen LogP contribution in [0, 0.1) is 6.92 Å². The first-order chi connectivity index (χ1) is 10.1. The van der Waals surface area contributed by atoms with Crippen molar-refractivity contribution < 1.29 is 4.74 Å². The van der Waals surface area contributed by atoms with Crippen LogP contribution < -0.4 is 4.74 Å². The van der Waals surface area contributed by atoms with Crippen LogP contribution in [0.4, 0.5) is 0 Å². The van der Waals surface area contributed by atoms with E-state index in [0.29, 0.717) is 22.5 Å². The molecule has 0 amide bonds. The van der Waals surface area contributed by atoms with Gasteiger partial charge in [0.25, 0.3) is 0 Å². The van der Waals surface area contributed by atoms with Crippen LogP contribution in [0.25, 0.3) is 11.0 Å². The van der Waals surface area contributed by atoms with E-state index in [-0.39, 0.29) is 0 Å². The largest absolute Gasteiger partial charge is 0.481 e. The molecule has 0 aliphatic heterocycles. The molecule has 4 nitrogen and oxygen atoms in total. The summed E-state index contributed by atoms with van der Waals surface area (Å²) in [7, 11) is 1.60. The Labute approximate surface area is 132 Å². The number of nitrogens with zero attached hydrogens (tertiary/aromatic N) is 3. The SMILES string of the molecule is COc1ccc2c(n1)c(C)nn2Cc1ccc(Cl)cc1Cl. The molecule has 0 atom stereocenters. The van der Waals surface area contributed by atoms with Crippen molar-refractivity contribution in [1.29, 1.82) is 0 Å². The quantitative estimate of drug-likeness (QED) is 0.729. The molecule has 108 valence electrons. The van der Waals surface area contributed by atoms with Crippen molar-refractivity contribution in [3.05, 3.63) is 51.6 Å². The summed E-state index contributed by atoms with van der Waals surface area (Å²) in [5.41, 5.74) is 3.59. The Morgan fingerprint density at radius 2 is 2.00 bits per heavy atom. The maximum absolute atomic E-state index is 6.22. The normalized spacial score (nSPS) is 11.0. The van der Waals surface area contributed by atoms with Crippen molar-refractivity contribution in [2.24, 2.45) is 0 Å². The molecule has 0 spiro atoms. The van der Waals surface area contributed by atoms with Crippen LogP contribution >= 0.6 is 23.2 Å². The predicted octanol–water partition coefficient (Wildman–Crippen LogP) is 4.10. The summed E-state index contributed by atoms with van der Waals surface area (Å²) in [6.07, 6.45) is 0. The van der Waals surface area contributed by atoms with E-state index in [0.717, 1.165) is 22.3 Å². The van der Waals surface area contributed by atoms with Gasteiger partial charge >= 0.3 is 0 Å². The van der Waals surface area contributed by atoms with Gasteiger partial charge in [0.1, 0.15) is 5.52 Å². The van der Waals surface area contributed by atoms with Crippen LogP contribution in [0.15, 0.2) is 30.3 Å². The molecule has 0 saturated heterocycles. The van der Waals surface area contributed by atoms with Gasteiger partial charge in [-0.3, -0.25) is 4.68 Å². The maximum Gasteiger partial charge on any atom is 0.213 e. The Hall–Kier alpha value is -1.78. The minimum absolute atomic E-state index is 0.564. The molecule has 2 aromatic heterocycles. The average Bonchev–Trinajstić information content (AvgIpc) is 2.78. The van der Waals surface area contributed by atoms with Crippen molar-refractivity contribution in [2.45, 2.75) is 13.5 Å². The fourth-order valence-electron chi connectivity index (χ4n) is 2.24. The Bertz CT molecular complexity index is 814. The molecular weight excluding hydrogens is 309 g/mol. The number of aryl methyl sites for hydroxylation is 1. The number of hydrogen-bond donors (Lipinski definition) is 0. The molecule has 21 heavy (non-hydrogen) atoms. The lowest BCUT2D eigenvalue weighted by Crippen LogP contribution is -2.02. The predicted molar refractivity (Wildman–Crippen MR) is 84.4 cm³/mol. The number of halogens is 2. The van der Waals surface area contributed by atoms with Gasteiger partial charge in [0, 0.05) is 16.1 Å². The number of hydrogen-bond acceptors (Lipinski definition) is 3. The standard InChI is InChI=1S/C15H13Cl2N3O/c1-9-15-13(5-6-14(18-15)21-2)20(19-9)8-10-3-4-11(16)7-12(10)17/h3-7H,8H2,1-2H3. The topological polar surface area (TPSA) is 39.9 Å². The highest BCUT2D eigenvalue weighted by molar-refractivity contribution is 6.35. The summed E-state index contributed by atoms with van der Waals surface area (Å²) in [5, 5.41) is 5.78. The number of benzene rings is 1. The fourth-order valence-corrected chi connectivity index (χ4v) is 2.70. The van der Waals surface area contributed by atoms with E-state index < -0.39 is 0 Å². The number of methoxy groups -OCH3 is 1. The van der Waals surface area contributed by atoms with E-state index in [1.807, 2.05) is 35.9 Å². The van der Waals surface area contributed by atoms with Gasteiger partial charge < -0.3 is 4.74 Å². The molecule has 0 unspecified atom stereocenters. The number of aromatic nitrogens is 3. The van der Waals surface area contributed by atoms with Crippen molar-refractivity contribution in [3.63, 3.8) is 0 Å². The molecule has 3 rings (SSSR count). The van der Waals surface area contributed by atoms with Gasteiger partial charge in [-0.1, -0.05) is 29.3 Å². The molecule has 0 aliphatic carbocycles. The molecule has 3 aromatic rings. The van der Waals surface area contributed by atoms with Crippen LogP contribution in [0.1, 0.15) is 11.3 Å². The zero-order valence-electron chi connectivity index (χ0n) is 11.6. The van der Waals surface area contributed by atoms with E-state index in [9.17, 15) is 0 Å². The summed E-state index contributed by atoms with van der Waals surface area (Å²) < 4.78 is 7.03. The minimum Gasteiger partial charge on any atom is -0.481 e. The minimum atomic E-state index is 0.564. The summed E-state index contributed by atoms with van der Waals surface area (Å²) in [6.45, 7) is 2.49. The van der Waals surface area contributed by atoms with Crippen molar-refractivity contribution in [1.82, 2.24) is 14.8 Å². The monoisotopic (exact) mass is 321 g/mol. The molecule has 0 radical (unpaired) electrons. The second-order valence-electron chi connectivity index (χ2n) is 4.70. The highest BCUT2D eigenvalue weighted by Gasteiger charge is 2.11. The molecular formula is C15H13Cl2N3O. The van der Waals surface area contributed by atoms with Gasteiger partial charge in [-0.2, -0.15) is 5.10 Å². The van der Waals surface area contributed by atoms with E-state index in [1.54, 1.807) is 13.2 Å². The second kappa shape index (κ2) is 5.54. The summed E-state index contributed by atoms with van der Waals surface area (Å²) >= 11 is 12.1. The molecule has 0 bridgehead atoms. The molecule has 0 fully saturated rings. The Balaban J connectivity index is 2.05. The summed E-state index contributed by atoms with van der Waals surface area (Å²) in [4.78, 5) is 4.43. The first-order valence-electron chi connectivity index (χ1n) is 6.40. The van der Waals surface area contributed by atoms with Crippen molar-refractivity contribution >= 4 is 34.2 Å². The number of pyridine rings is 1. The zero-order valence-corrected chi connectivity index (χ0v) is 13.1. The lowest BCUT2D eigenvalue weighted by atomic mass is 10.2. The van der Waals surface area contributed by atoms with Gasteiger partial charge in [-0.25, -0.2) is 4.98 Å². The van der Waals surface area contributed by atoms with Crippen LogP contribution in [-0.4, -0.2) is 21.9 Å². The van der Waals surface area contributed by atoms with Crippen molar-refractivity contribution in [2.75, 3.05) is 7.11 Å². The third kappa shape index (κ3) is 2.69. The molecule has 6 heteroatoms. The number of fused-ring (bicyclic) bond motifs is 1. The number of rotatable bonds is 3. The van der Waals surface area contributed by atoms with E-state index in [4.69, 9.17) is 27.9 Å². The highest BCUT2D eigenvalue weighted by Crippen LogP contribution is 2.24. The van der Waals surface area contributed by atoms with Gasteiger partial charge in [0.05, 0.1) is 24.9 Å². The first-order valence-corrected chi connectivity index (χ1v) is 7.16. The van der Waals surface area contributed by atoms with Crippen molar-refractivity contribution in [3.8, 4) is 5.88 Å². The van der Waals surface area contributed by atoms with E-state index in [1.165, 1.54) is 0 Å². The lowest BCUT2D eigenvalue weighted by Gasteiger charge is -2.06. The highest BCUT2D eigenvalue weighted by atomic mass is 35.5. The van der Waals surface area contributed by atoms with Gasteiger partial charge in [0.15, 0.2) is 0 Å². The molecule has 1 aromatic carbocycles. The Kier molecular flexibility index (Phi) is 3.74. The zero-order chi connectivity index (χ0) is 15.0. The number of ether oxygens (including phenoxy) is 1. The average molecular weight is 322 g/mol. The smallest absolute Gasteiger partial charge is 0.213 e. The third-order valence-electron chi connectivity index (χ3n) is 3.28. The lowest BCUT2D eigenvalue weighted by molar-refractivity contribution is 0.399. The molecule has 0 saturated carbocycles. The Morgan fingerprint density at radius 3 is 2.71 bits per heavy atom. The maximum atomic E-state index is 6.22. The third-order valence-corrected chi connectivity index (χ3v) is 3.87. The van der Waals surface area contributed by atoms with Crippen LogP contribution in [-0.2, 0) is 6.54 Å². The summed E-state index contributed by atoms with van der Waals surface area (Å²) in [6, 6.07) is 9.24. The molecule has 0 aliphatic rings. The van der Waals surface area contributed by atoms with Gasteiger partial charge in [-0.05, 0) is 30.7 Å². The van der Waals surface area contributed by atoms with Crippen LogP contribution in [0.3, 0.4) is 0 Å².